The Morgan fingerprint density at radius 2 is 2.00 bits per heavy atom. The first kappa shape index (κ1) is 15.4. The van der Waals surface area contributed by atoms with Crippen molar-refractivity contribution in [1.82, 2.24) is 5.32 Å². The van der Waals surface area contributed by atoms with Crippen LogP contribution in [0.4, 0.5) is 0 Å². The summed E-state index contributed by atoms with van der Waals surface area (Å²) in [5, 5.41) is 3.03. The van der Waals surface area contributed by atoms with Crippen LogP contribution in [0.5, 0.6) is 0 Å². The third-order valence-electron chi connectivity index (χ3n) is 3.94. The van der Waals surface area contributed by atoms with Gasteiger partial charge in [0.15, 0.2) is 0 Å². The van der Waals surface area contributed by atoms with Crippen LogP contribution in [0, 0.1) is 17.8 Å². The minimum atomic E-state index is -0.285. The standard InChI is InChI=1S/C14H26N2OS/c1-3-4-12(13(15)18)14(17)16-9-11-7-5-10(2)6-8-11/h10-12H,3-9H2,1-2H3,(H2,15,18)(H,16,17). The number of carbonyl (C=O) groups excluding carboxylic acids is 1. The van der Waals surface area contributed by atoms with Crippen LogP contribution in [0.25, 0.3) is 0 Å². The molecular formula is C14H26N2OS. The van der Waals surface area contributed by atoms with Crippen molar-refractivity contribution in [2.75, 3.05) is 6.54 Å². The van der Waals surface area contributed by atoms with E-state index in [-0.39, 0.29) is 11.8 Å². The van der Waals surface area contributed by atoms with Gasteiger partial charge in [0, 0.05) is 6.54 Å². The molecule has 18 heavy (non-hydrogen) atoms. The molecule has 0 aromatic rings. The molecule has 1 aliphatic rings. The zero-order valence-corrected chi connectivity index (χ0v) is 12.4. The Kier molecular flexibility index (Phi) is 6.61. The third-order valence-corrected chi connectivity index (χ3v) is 4.22. The molecule has 1 unspecified atom stereocenters. The van der Waals surface area contributed by atoms with E-state index < -0.39 is 0 Å². The molecule has 0 aliphatic heterocycles. The molecule has 0 radical (unpaired) electrons. The van der Waals surface area contributed by atoms with E-state index in [1.807, 2.05) is 6.92 Å². The monoisotopic (exact) mass is 270 g/mol. The SMILES string of the molecule is CCCC(C(=O)NCC1CCC(C)CC1)C(N)=S. The van der Waals surface area contributed by atoms with Gasteiger partial charge in [0.25, 0.3) is 0 Å². The molecule has 1 saturated carbocycles. The maximum absolute atomic E-state index is 12.0. The molecule has 1 atom stereocenters. The van der Waals surface area contributed by atoms with Crippen molar-refractivity contribution < 1.29 is 4.79 Å². The first-order chi connectivity index (χ1) is 8.54. The number of thiocarbonyl (C=S) groups is 1. The minimum absolute atomic E-state index is 0.0166. The van der Waals surface area contributed by atoms with Crippen LogP contribution in [0.15, 0.2) is 0 Å². The van der Waals surface area contributed by atoms with Gasteiger partial charge >= 0.3 is 0 Å². The van der Waals surface area contributed by atoms with Crippen molar-refractivity contribution in [1.29, 1.82) is 0 Å². The predicted molar refractivity (Wildman–Crippen MR) is 79.3 cm³/mol. The lowest BCUT2D eigenvalue weighted by Gasteiger charge is -2.26. The zero-order valence-electron chi connectivity index (χ0n) is 11.6. The fraction of sp³-hybridized carbons (Fsp3) is 0.857. The van der Waals surface area contributed by atoms with Gasteiger partial charge in [-0.25, -0.2) is 0 Å². The van der Waals surface area contributed by atoms with Crippen LogP contribution in [-0.2, 0) is 4.79 Å². The van der Waals surface area contributed by atoms with E-state index in [1.165, 1.54) is 25.7 Å². The topological polar surface area (TPSA) is 55.1 Å². The van der Waals surface area contributed by atoms with Gasteiger partial charge in [-0.3, -0.25) is 4.79 Å². The lowest BCUT2D eigenvalue weighted by molar-refractivity contribution is -0.123. The second-order valence-electron chi connectivity index (χ2n) is 5.61. The number of nitrogens with one attached hydrogen (secondary N) is 1. The van der Waals surface area contributed by atoms with Crippen LogP contribution in [0.3, 0.4) is 0 Å². The first-order valence-electron chi connectivity index (χ1n) is 7.11. The average Bonchev–Trinajstić information content (AvgIpc) is 2.34. The van der Waals surface area contributed by atoms with Crippen molar-refractivity contribution in [3.05, 3.63) is 0 Å². The van der Waals surface area contributed by atoms with Gasteiger partial charge in [-0.1, -0.05) is 45.3 Å². The number of amides is 1. The second kappa shape index (κ2) is 7.72. The maximum atomic E-state index is 12.0. The molecular weight excluding hydrogens is 244 g/mol. The largest absolute Gasteiger partial charge is 0.393 e. The second-order valence-corrected chi connectivity index (χ2v) is 6.09. The van der Waals surface area contributed by atoms with Crippen molar-refractivity contribution in [3.8, 4) is 0 Å². The van der Waals surface area contributed by atoms with Crippen LogP contribution in [-0.4, -0.2) is 17.4 Å². The molecule has 1 fully saturated rings. The number of nitrogens with two attached hydrogens (primary N) is 1. The highest BCUT2D eigenvalue weighted by atomic mass is 32.1. The first-order valence-corrected chi connectivity index (χ1v) is 7.52. The average molecular weight is 270 g/mol. The molecule has 0 aromatic heterocycles. The fourth-order valence-corrected chi connectivity index (χ4v) is 2.82. The molecule has 1 aliphatic carbocycles. The van der Waals surface area contributed by atoms with E-state index >= 15 is 0 Å². The molecule has 4 heteroatoms. The summed E-state index contributed by atoms with van der Waals surface area (Å²) in [4.78, 5) is 12.3. The molecule has 0 bridgehead atoms. The summed E-state index contributed by atoms with van der Waals surface area (Å²) in [6, 6.07) is 0. The third kappa shape index (κ3) is 4.92. The number of hydrogen-bond donors (Lipinski definition) is 2. The highest BCUT2D eigenvalue weighted by molar-refractivity contribution is 7.80. The Hall–Kier alpha value is -0.640. The van der Waals surface area contributed by atoms with Gasteiger partial charge in [-0.05, 0) is 31.1 Å². The van der Waals surface area contributed by atoms with E-state index in [1.54, 1.807) is 0 Å². The van der Waals surface area contributed by atoms with E-state index in [0.717, 1.165) is 25.3 Å². The predicted octanol–water partition coefficient (Wildman–Crippen LogP) is 2.63. The molecule has 3 N–H and O–H groups in total. The van der Waals surface area contributed by atoms with E-state index in [9.17, 15) is 4.79 Å². The number of hydrogen-bond acceptors (Lipinski definition) is 2. The highest BCUT2D eigenvalue weighted by Gasteiger charge is 2.23. The lowest BCUT2D eigenvalue weighted by atomic mass is 9.83. The summed E-state index contributed by atoms with van der Waals surface area (Å²) in [6.45, 7) is 5.13. The number of rotatable bonds is 6. The van der Waals surface area contributed by atoms with E-state index in [2.05, 4.69) is 12.2 Å². The Morgan fingerprint density at radius 3 is 2.50 bits per heavy atom. The van der Waals surface area contributed by atoms with Crippen molar-refractivity contribution in [2.24, 2.45) is 23.5 Å². The van der Waals surface area contributed by atoms with Crippen LogP contribution < -0.4 is 11.1 Å². The van der Waals surface area contributed by atoms with Gasteiger partial charge in [0.2, 0.25) is 5.91 Å². The van der Waals surface area contributed by atoms with Gasteiger partial charge < -0.3 is 11.1 Å². The summed E-state index contributed by atoms with van der Waals surface area (Å²) < 4.78 is 0. The Morgan fingerprint density at radius 1 is 1.39 bits per heavy atom. The van der Waals surface area contributed by atoms with Crippen molar-refractivity contribution >= 4 is 23.1 Å². The normalized spacial score (nSPS) is 25.4. The van der Waals surface area contributed by atoms with Crippen LogP contribution in [0.2, 0.25) is 0 Å². The van der Waals surface area contributed by atoms with E-state index in [4.69, 9.17) is 18.0 Å². The van der Waals surface area contributed by atoms with Crippen molar-refractivity contribution in [2.45, 2.75) is 52.4 Å². The molecule has 1 amide bonds. The van der Waals surface area contributed by atoms with Crippen LogP contribution >= 0.6 is 12.2 Å². The van der Waals surface area contributed by atoms with Gasteiger partial charge in [-0.2, -0.15) is 0 Å². The number of carbonyl (C=O) groups is 1. The smallest absolute Gasteiger partial charge is 0.229 e. The molecule has 3 nitrogen and oxygen atoms in total. The minimum Gasteiger partial charge on any atom is -0.393 e. The zero-order chi connectivity index (χ0) is 13.5. The van der Waals surface area contributed by atoms with Gasteiger partial charge in [0.05, 0.1) is 10.9 Å². The van der Waals surface area contributed by atoms with E-state index in [0.29, 0.717) is 10.9 Å². The summed E-state index contributed by atoms with van der Waals surface area (Å²) >= 11 is 4.96. The van der Waals surface area contributed by atoms with Crippen LogP contribution in [0.1, 0.15) is 52.4 Å². The Bertz CT molecular complexity index is 286. The maximum Gasteiger partial charge on any atom is 0.229 e. The molecule has 1 rings (SSSR count). The molecule has 0 spiro atoms. The summed E-state index contributed by atoms with van der Waals surface area (Å²) in [6.07, 6.45) is 6.71. The molecule has 0 aromatic carbocycles. The summed E-state index contributed by atoms with van der Waals surface area (Å²) in [7, 11) is 0. The molecule has 0 heterocycles. The Balaban J connectivity index is 2.33. The van der Waals surface area contributed by atoms with Gasteiger partial charge in [0.1, 0.15) is 0 Å². The Labute approximate surface area is 116 Å². The summed E-state index contributed by atoms with van der Waals surface area (Å²) in [5.41, 5.74) is 5.62. The highest BCUT2D eigenvalue weighted by Crippen LogP contribution is 2.27. The molecule has 0 saturated heterocycles. The lowest BCUT2D eigenvalue weighted by Crippen LogP contribution is -2.40. The molecule has 104 valence electrons. The van der Waals surface area contributed by atoms with Gasteiger partial charge in [-0.15, -0.1) is 0 Å². The quantitative estimate of drug-likeness (QED) is 0.730. The summed E-state index contributed by atoms with van der Waals surface area (Å²) in [5.74, 6) is 1.22. The van der Waals surface area contributed by atoms with Crippen molar-refractivity contribution in [3.63, 3.8) is 0 Å². The fourth-order valence-electron chi connectivity index (χ4n) is 2.59.